The van der Waals surface area contributed by atoms with Gasteiger partial charge < -0.3 is 19.8 Å². The highest BCUT2D eigenvalue weighted by atomic mass is 16.5. The van der Waals surface area contributed by atoms with Crippen molar-refractivity contribution >= 4 is 5.91 Å². The molecule has 4 rings (SSSR count). The van der Waals surface area contributed by atoms with Gasteiger partial charge in [-0.25, -0.2) is 0 Å². The number of ether oxygens (including phenoxy) is 2. The summed E-state index contributed by atoms with van der Waals surface area (Å²) in [5.41, 5.74) is 2.14. The van der Waals surface area contributed by atoms with Crippen molar-refractivity contribution in [3.8, 4) is 17.0 Å². The summed E-state index contributed by atoms with van der Waals surface area (Å²) in [5.74, 6) is 0.349. The highest BCUT2D eigenvalue weighted by Crippen LogP contribution is 2.16. The molecule has 3 aromatic rings. The van der Waals surface area contributed by atoms with Gasteiger partial charge in [0.15, 0.2) is 0 Å². The van der Waals surface area contributed by atoms with E-state index in [9.17, 15) is 9.59 Å². The van der Waals surface area contributed by atoms with Gasteiger partial charge in [0.25, 0.3) is 11.5 Å². The van der Waals surface area contributed by atoms with Crippen molar-refractivity contribution in [3.63, 3.8) is 0 Å². The first-order valence-corrected chi connectivity index (χ1v) is 11.7. The Kier molecular flexibility index (Phi) is 8.12. The number of pyridine rings is 1. The smallest absolute Gasteiger partial charge is 0.261 e. The van der Waals surface area contributed by atoms with Crippen LogP contribution < -0.4 is 15.6 Å². The number of nitrogens with zero attached hydrogens (tertiary/aromatic N) is 1. The fourth-order valence-electron chi connectivity index (χ4n) is 4.08. The molecule has 34 heavy (non-hydrogen) atoms. The molecule has 178 valence electrons. The second-order valence-electron chi connectivity index (χ2n) is 8.48. The largest absolute Gasteiger partial charge is 0.492 e. The summed E-state index contributed by atoms with van der Waals surface area (Å²) in [4.78, 5) is 30.2. The molecule has 7 nitrogen and oxygen atoms in total. The van der Waals surface area contributed by atoms with E-state index >= 15 is 0 Å². The number of carbonyl (C=O) groups is 1. The van der Waals surface area contributed by atoms with Gasteiger partial charge in [-0.1, -0.05) is 42.5 Å². The Bertz CT molecular complexity index is 1140. The maximum Gasteiger partial charge on any atom is 0.261 e. The van der Waals surface area contributed by atoms with Crippen LogP contribution in [0, 0.1) is 0 Å². The van der Waals surface area contributed by atoms with E-state index in [1.54, 1.807) is 12.1 Å². The number of benzene rings is 2. The second-order valence-corrected chi connectivity index (χ2v) is 8.48. The van der Waals surface area contributed by atoms with Crippen molar-refractivity contribution < 1.29 is 14.3 Å². The van der Waals surface area contributed by atoms with Crippen LogP contribution in [0.25, 0.3) is 11.3 Å². The zero-order valence-corrected chi connectivity index (χ0v) is 19.5. The summed E-state index contributed by atoms with van der Waals surface area (Å²) in [5, 5.41) is 2.83. The van der Waals surface area contributed by atoms with Crippen molar-refractivity contribution in [3.05, 3.63) is 88.2 Å². The van der Waals surface area contributed by atoms with Crippen LogP contribution in [0.1, 0.15) is 28.8 Å². The molecule has 0 bridgehead atoms. The molecule has 2 aromatic carbocycles. The highest BCUT2D eigenvalue weighted by Gasteiger charge is 2.18. The summed E-state index contributed by atoms with van der Waals surface area (Å²) in [7, 11) is 2.12. The summed E-state index contributed by atoms with van der Waals surface area (Å²) in [6.07, 6.45) is 2.12. The van der Waals surface area contributed by atoms with Gasteiger partial charge in [0.2, 0.25) is 0 Å². The van der Waals surface area contributed by atoms with Crippen LogP contribution in [0.5, 0.6) is 5.75 Å². The van der Waals surface area contributed by atoms with E-state index in [1.165, 1.54) is 0 Å². The molecule has 0 spiro atoms. The van der Waals surface area contributed by atoms with Gasteiger partial charge in [-0.2, -0.15) is 0 Å². The fraction of sp³-hybridized carbons (Fsp3) is 0.333. The number of hydrogen-bond acceptors (Lipinski definition) is 5. The Hall–Kier alpha value is -3.42. The van der Waals surface area contributed by atoms with Crippen molar-refractivity contribution in [2.45, 2.75) is 25.4 Å². The molecule has 0 saturated carbocycles. The summed E-state index contributed by atoms with van der Waals surface area (Å²) in [6.45, 7) is 3.39. The standard InChI is InChI=1S/C27H31N3O4/c1-30(22-12-15-33-16-13-22)14-17-34-23-9-5-6-20(18-23)19-28-26(31)24-10-11-25(29-27(24)32)21-7-3-2-4-8-21/h2-11,18,22H,12-17,19H2,1H3,(H,28,31)(H,29,32). The van der Waals surface area contributed by atoms with Crippen LogP contribution in [0.2, 0.25) is 0 Å². The van der Waals surface area contributed by atoms with E-state index in [2.05, 4.69) is 22.2 Å². The van der Waals surface area contributed by atoms with Gasteiger partial charge in [0, 0.05) is 38.0 Å². The van der Waals surface area contributed by atoms with Crippen LogP contribution in [-0.2, 0) is 11.3 Å². The molecule has 0 radical (unpaired) electrons. The third-order valence-corrected chi connectivity index (χ3v) is 6.12. The number of aromatic nitrogens is 1. The van der Waals surface area contributed by atoms with Crippen molar-refractivity contribution in [2.24, 2.45) is 0 Å². The number of amides is 1. The van der Waals surface area contributed by atoms with Crippen LogP contribution in [-0.4, -0.2) is 55.2 Å². The summed E-state index contributed by atoms with van der Waals surface area (Å²) < 4.78 is 11.4. The van der Waals surface area contributed by atoms with Crippen molar-refractivity contribution in [1.29, 1.82) is 0 Å². The zero-order valence-electron chi connectivity index (χ0n) is 19.5. The number of hydrogen-bond donors (Lipinski definition) is 2. The van der Waals surface area contributed by atoms with Gasteiger partial charge in [-0.3, -0.25) is 14.5 Å². The van der Waals surface area contributed by atoms with E-state index in [4.69, 9.17) is 9.47 Å². The Labute approximate surface area is 199 Å². The third kappa shape index (κ3) is 6.34. The highest BCUT2D eigenvalue weighted by molar-refractivity contribution is 5.94. The molecule has 7 heteroatoms. The first kappa shape index (κ1) is 23.7. The Morgan fingerprint density at radius 3 is 2.65 bits per heavy atom. The summed E-state index contributed by atoms with van der Waals surface area (Å²) in [6, 6.07) is 21.0. The second kappa shape index (κ2) is 11.6. The minimum Gasteiger partial charge on any atom is -0.492 e. The molecule has 1 saturated heterocycles. The number of nitrogens with one attached hydrogen (secondary N) is 2. The Balaban J connectivity index is 1.28. The van der Waals surface area contributed by atoms with Crippen LogP contribution >= 0.6 is 0 Å². The van der Waals surface area contributed by atoms with Crippen molar-refractivity contribution in [1.82, 2.24) is 15.2 Å². The molecule has 0 aliphatic carbocycles. The predicted molar refractivity (Wildman–Crippen MR) is 132 cm³/mol. The number of rotatable bonds is 9. The molecule has 2 N–H and O–H groups in total. The molecule has 1 aliphatic rings. The number of aromatic amines is 1. The molecule has 1 aromatic heterocycles. The Morgan fingerprint density at radius 2 is 1.88 bits per heavy atom. The normalized spacial score (nSPS) is 14.2. The predicted octanol–water partition coefficient (Wildman–Crippen LogP) is 3.46. The third-order valence-electron chi connectivity index (χ3n) is 6.12. The minimum absolute atomic E-state index is 0.0863. The molecule has 1 amide bonds. The van der Waals surface area contributed by atoms with Crippen LogP contribution in [0.15, 0.2) is 71.5 Å². The maximum atomic E-state index is 12.6. The van der Waals surface area contributed by atoms with E-state index in [1.807, 2.05) is 54.6 Å². The quantitative estimate of drug-likeness (QED) is 0.510. The van der Waals surface area contributed by atoms with Crippen LogP contribution in [0.4, 0.5) is 0 Å². The molecular weight excluding hydrogens is 430 g/mol. The van der Waals surface area contributed by atoms with Crippen LogP contribution in [0.3, 0.4) is 0 Å². The van der Waals surface area contributed by atoms with Crippen molar-refractivity contribution in [2.75, 3.05) is 33.4 Å². The van der Waals surface area contributed by atoms with Gasteiger partial charge in [0.05, 0.1) is 0 Å². The zero-order chi connectivity index (χ0) is 23.8. The molecule has 0 unspecified atom stereocenters. The lowest BCUT2D eigenvalue weighted by Crippen LogP contribution is -2.38. The van der Waals surface area contributed by atoms with E-state index in [0.29, 0.717) is 24.9 Å². The van der Waals surface area contributed by atoms with E-state index in [0.717, 1.165) is 49.5 Å². The maximum absolute atomic E-state index is 12.6. The van der Waals surface area contributed by atoms with Gasteiger partial charge in [-0.15, -0.1) is 0 Å². The lowest BCUT2D eigenvalue weighted by molar-refractivity contribution is 0.0392. The average molecular weight is 462 g/mol. The number of carbonyl (C=O) groups excluding carboxylic acids is 1. The van der Waals surface area contributed by atoms with Gasteiger partial charge in [0.1, 0.15) is 17.9 Å². The molecular formula is C27H31N3O4. The molecule has 0 atom stereocenters. The van der Waals surface area contributed by atoms with Gasteiger partial charge >= 0.3 is 0 Å². The summed E-state index contributed by atoms with van der Waals surface area (Å²) >= 11 is 0. The van der Waals surface area contributed by atoms with E-state index < -0.39 is 11.5 Å². The first-order chi connectivity index (χ1) is 16.6. The average Bonchev–Trinajstić information content (AvgIpc) is 2.88. The van der Waals surface area contributed by atoms with E-state index in [-0.39, 0.29) is 5.56 Å². The number of likely N-dealkylation sites (N-methyl/N-ethyl adjacent to an activating group) is 1. The monoisotopic (exact) mass is 461 g/mol. The SMILES string of the molecule is CN(CCOc1cccc(CNC(=O)c2ccc(-c3ccccc3)[nH]c2=O)c1)C1CCOCC1. The number of H-pyrrole nitrogens is 1. The topological polar surface area (TPSA) is 83.7 Å². The minimum atomic E-state index is -0.412. The molecule has 1 fully saturated rings. The molecule has 1 aliphatic heterocycles. The first-order valence-electron chi connectivity index (χ1n) is 11.7. The lowest BCUT2D eigenvalue weighted by Gasteiger charge is -2.31. The molecule has 2 heterocycles. The fourth-order valence-corrected chi connectivity index (χ4v) is 4.08. The lowest BCUT2D eigenvalue weighted by atomic mass is 10.1. The van der Waals surface area contributed by atoms with Gasteiger partial charge in [-0.05, 0) is 55.3 Å². The Morgan fingerprint density at radius 1 is 1.09 bits per heavy atom.